The second-order valence-electron chi connectivity index (χ2n) is 10.6. The number of anilines is 2. The van der Waals surface area contributed by atoms with Crippen LogP contribution in [0.25, 0.3) is 22.6 Å². The average molecular weight is 611 g/mol. The van der Waals surface area contributed by atoms with Crippen molar-refractivity contribution >= 4 is 45.9 Å². The van der Waals surface area contributed by atoms with Crippen LogP contribution in [0.1, 0.15) is 43.5 Å². The Bertz CT molecular complexity index is 1730. The van der Waals surface area contributed by atoms with Gasteiger partial charge in [0.05, 0.1) is 22.1 Å². The number of nitrogens with zero attached hydrogens (tertiary/aromatic N) is 6. The Morgan fingerprint density at radius 2 is 1.90 bits per heavy atom. The van der Waals surface area contributed by atoms with Crippen LogP contribution in [-0.4, -0.2) is 58.8 Å². The number of nitrogens with one attached hydrogen (secondary N) is 1. The van der Waals surface area contributed by atoms with Crippen LogP contribution in [0.15, 0.2) is 23.7 Å². The average Bonchev–Trinajstić information content (AvgIpc) is 3.57. The summed E-state index contributed by atoms with van der Waals surface area (Å²) < 4.78 is 66.3. The van der Waals surface area contributed by atoms with Crippen molar-refractivity contribution in [1.29, 1.82) is 0 Å². The lowest BCUT2D eigenvalue weighted by Crippen LogP contribution is -2.37. The first-order chi connectivity index (χ1) is 19.5. The van der Waals surface area contributed by atoms with Gasteiger partial charge in [-0.3, -0.25) is 9.59 Å². The van der Waals surface area contributed by atoms with E-state index in [0.717, 1.165) is 16.0 Å². The summed E-state index contributed by atoms with van der Waals surface area (Å²) in [6, 6.07) is 3.04. The van der Waals surface area contributed by atoms with Gasteiger partial charge in [-0.1, -0.05) is 0 Å². The Morgan fingerprint density at radius 1 is 1.19 bits per heavy atom. The van der Waals surface area contributed by atoms with Gasteiger partial charge in [-0.15, -0.1) is 11.3 Å². The molecule has 5 rings (SSSR count). The molecule has 1 unspecified atom stereocenters. The summed E-state index contributed by atoms with van der Waals surface area (Å²) in [5, 5.41) is 18.6. The van der Waals surface area contributed by atoms with Crippen molar-refractivity contribution < 1.29 is 36.6 Å². The van der Waals surface area contributed by atoms with Crippen LogP contribution in [0.5, 0.6) is 0 Å². The number of nitrogen functional groups attached to an aromatic ring is 1. The quantitative estimate of drug-likeness (QED) is 0.245. The van der Waals surface area contributed by atoms with Gasteiger partial charge in [-0.05, 0) is 32.9 Å². The Morgan fingerprint density at radius 3 is 2.57 bits per heavy atom. The molecule has 42 heavy (non-hydrogen) atoms. The SMILES string of the molecule is CC(C)(Cc1csc(C2(C)C(=O)Nc3nc(-c4nn(CCC(F)(F)C(F)(F)F)c5ncccc45)nc(N)c32)n1)C(=O)O. The van der Waals surface area contributed by atoms with Crippen LogP contribution < -0.4 is 11.1 Å². The fraction of sp³-hybridized carbons (Fsp3) is 0.400. The molecule has 222 valence electrons. The zero-order valence-corrected chi connectivity index (χ0v) is 23.1. The number of pyridine rings is 1. The molecule has 0 fully saturated rings. The highest BCUT2D eigenvalue weighted by Gasteiger charge is 2.57. The molecule has 0 aliphatic carbocycles. The summed E-state index contributed by atoms with van der Waals surface area (Å²) in [6.45, 7) is 3.89. The summed E-state index contributed by atoms with van der Waals surface area (Å²) in [5.41, 5.74) is 4.56. The number of carboxylic acid groups (broad SMARTS) is 1. The van der Waals surface area contributed by atoms with E-state index in [1.807, 2.05) is 0 Å². The molecular weight excluding hydrogens is 587 g/mol. The zero-order chi connectivity index (χ0) is 30.8. The molecule has 0 bridgehead atoms. The number of halogens is 5. The van der Waals surface area contributed by atoms with Gasteiger partial charge < -0.3 is 16.2 Å². The van der Waals surface area contributed by atoms with Crippen LogP contribution >= 0.6 is 11.3 Å². The lowest BCUT2D eigenvalue weighted by Gasteiger charge is -2.20. The fourth-order valence-electron chi connectivity index (χ4n) is 4.58. The van der Waals surface area contributed by atoms with Crippen LogP contribution in [0, 0.1) is 5.41 Å². The van der Waals surface area contributed by atoms with E-state index in [0.29, 0.717) is 10.7 Å². The maximum Gasteiger partial charge on any atom is 0.453 e. The van der Waals surface area contributed by atoms with Crippen LogP contribution in [0.3, 0.4) is 0 Å². The van der Waals surface area contributed by atoms with Crippen molar-refractivity contribution in [3.05, 3.63) is 40.0 Å². The number of alkyl halides is 5. The first-order valence-corrected chi connectivity index (χ1v) is 13.3. The van der Waals surface area contributed by atoms with Crippen molar-refractivity contribution in [3.8, 4) is 11.5 Å². The molecule has 5 heterocycles. The number of rotatable bonds is 8. The minimum absolute atomic E-state index is 0.0122. The first kappa shape index (κ1) is 29.2. The summed E-state index contributed by atoms with van der Waals surface area (Å²) in [7, 11) is 0. The van der Waals surface area contributed by atoms with Gasteiger partial charge in [0.25, 0.3) is 0 Å². The number of hydrogen-bond acceptors (Lipinski definition) is 9. The predicted molar refractivity (Wildman–Crippen MR) is 141 cm³/mol. The van der Waals surface area contributed by atoms with Crippen LogP contribution in [0.4, 0.5) is 33.6 Å². The van der Waals surface area contributed by atoms with Gasteiger partial charge in [0.15, 0.2) is 11.5 Å². The van der Waals surface area contributed by atoms with E-state index in [1.54, 1.807) is 26.2 Å². The van der Waals surface area contributed by atoms with E-state index in [4.69, 9.17) is 5.73 Å². The molecule has 17 heteroatoms. The number of thiazole rings is 1. The number of aliphatic carboxylic acids is 1. The lowest BCUT2D eigenvalue weighted by molar-refractivity contribution is -0.285. The van der Waals surface area contributed by atoms with E-state index in [2.05, 4.69) is 30.4 Å². The molecule has 4 N–H and O–H groups in total. The van der Waals surface area contributed by atoms with Gasteiger partial charge in [-0.25, -0.2) is 24.6 Å². The number of aromatic nitrogens is 6. The number of hydrogen-bond donors (Lipinski definition) is 3. The molecule has 0 radical (unpaired) electrons. The minimum Gasteiger partial charge on any atom is -0.481 e. The standard InChI is InChI=1S/C25H23F5N8O3S/c1-22(2,21(40)41)9-11-10-42-20(33-11)23(3)13-15(31)34-17(35-16(13)36-19(23)39)14-12-5-4-7-32-18(12)38(37-14)8-6-24(26,27)25(28,29)30/h4-5,7,10H,6,8-9H2,1-3H3,(H,40,41)(H3,31,34,35,36,39). The minimum atomic E-state index is -5.72. The van der Waals surface area contributed by atoms with Crippen molar-refractivity contribution in [2.24, 2.45) is 5.41 Å². The molecule has 1 aliphatic rings. The van der Waals surface area contributed by atoms with E-state index < -0.39 is 47.8 Å². The molecule has 1 amide bonds. The topological polar surface area (TPSA) is 162 Å². The summed E-state index contributed by atoms with van der Waals surface area (Å²) in [5.74, 6) is -6.64. The molecule has 11 nitrogen and oxygen atoms in total. The van der Waals surface area contributed by atoms with Crippen molar-refractivity contribution in [1.82, 2.24) is 29.7 Å². The van der Waals surface area contributed by atoms with Gasteiger partial charge in [0.1, 0.15) is 27.8 Å². The van der Waals surface area contributed by atoms with E-state index in [9.17, 15) is 36.6 Å². The second kappa shape index (κ2) is 9.64. The third-order valence-electron chi connectivity index (χ3n) is 7.08. The van der Waals surface area contributed by atoms with E-state index in [-0.39, 0.29) is 46.2 Å². The van der Waals surface area contributed by atoms with Crippen molar-refractivity contribution in [2.45, 2.75) is 57.7 Å². The van der Waals surface area contributed by atoms with E-state index in [1.165, 1.54) is 18.3 Å². The highest BCUT2D eigenvalue weighted by atomic mass is 32.1. The highest BCUT2D eigenvalue weighted by molar-refractivity contribution is 7.10. The Kier molecular flexibility index (Phi) is 6.71. The summed E-state index contributed by atoms with van der Waals surface area (Å²) in [6.07, 6.45) is -5.84. The van der Waals surface area contributed by atoms with Gasteiger partial charge >= 0.3 is 18.1 Å². The van der Waals surface area contributed by atoms with E-state index >= 15 is 0 Å². The predicted octanol–water partition coefficient (Wildman–Crippen LogP) is 4.43. The lowest BCUT2D eigenvalue weighted by atomic mass is 9.85. The largest absolute Gasteiger partial charge is 0.481 e. The molecule has 1 atom stereocenters. The number of fused-ring (bicyclic) bond motifs is 2. The molecular formula is C25H23F5N8O3S. The number of carbonyl (C=O) groups is 2. The van der Waals surface area contributed by atoms with Gasteiger partial charge in [-0.2, -0.15) is 27.1 Å². The molecule has 1 aliphatic heterocycles. The number of carbonyl (C=O) groups excluding carboxylic acids is 1. The Hall–Kier alpha value is -4.28. The number of aryl methyl sites for hydroxylation is 1. The zero-order valence-electron chi connectivity index (χ0n) is 22.3. The van der Waals surface area contributed by atoms with Crippen LogP contribution in [0.2, 0.25) is 0 Å². The molecule has 0 saturated carbocycles. The number of carboxylic acids is 1. The van der Waals surface area contributed by atoms with Crippen LogP contribution in [-0.2, 0) is 28.0 Å². The monoisotopic (exact) mass is 610 g/mol. The molecule has 0 spiro atoms. The molecule has 4 aromatic rings. The molecule has 0 saturated heterocycles. The first-order valence-electron chi connectivity index (χ1n) is 12.4. The highest BCUT2D eigenvalue weighted by Crippen LogP contribution is 2.46. The maximum atomic E-state index is 13.6. The summed E-state index contributed by atoms with van der Waals surface area (Å²) >= 11 is 1.15. The fourth-order valence-corrected chi connectivity index (χ4v) is 5.57. The molecule has 0 aromatic carbocycles. The van der Waals surface area contributed by atoms with Gasteiger partial charge in [0.2, 0.25) is 5.91 Å². The van der Waals surface area contributed by atoms with Crippen molar-refractivity contribution in [3.63, 3.8) is 0 Å². The number of amides is 1. The van der Waals surface area contributed by atoms with Crippen molar-refractivity contribution in [2.75, 3.05) is 11.1 Å². The maximum absolute atomic E-state index is 13.6. The number of nitrogens with two attached hydrogens (primary N) is 1. The van der Waals surface area contributed by atoms with Gasteiger partial charge in [0, 0.05) is 31.0 Å². The summed E-state index contributed by atoms with van der Waals surface area (Å²) in [4.78, 5) is 42.1. The Labute approximate surface area is 238 Å². The molecule has 4 aromatic heterocycles. The third-order valence-corrected chi connectivity index (χ3v) is 8.19. The normalized spacial score (nSPS) is 17.5. The Balaban J connectivity index is 1.53. The smallest absolute Gasteiger partial charge is 0.453 e. The second-order valence-corrected chi connectivity index (χ2v) is 11.5. The third kappa shape index (κ3) is 4.70.